The van der Waals surface area contributed by atoms with Crippen molar-refractivity contribution in [3.05, 3.63) is 11.7 Å². The van der Waals surface area contributed by atoms with E-state index in [0.29, 0.717) is 19.0 Å². The van der Waals surface area contributed by atoms with Crippen LogP contribution in [0.1, 0.15) is 77.4 Å². The van der Waals surface area contributed by atoms with Gasteiger partial charge in [-0.1, -0.05) is 38.3 Å². The first-order valence-corrected chi connectivity index (χ1v) is 8.35. The lowest BCUT2D eigenvalue weighted by atomic mass is 9.81. The van der Waals surface area contributed by atoms with Crippen LogP contribution in [-0.4, -0.2) is 23.3 Å². The van der Waals surface area contributed by atoms with Gasteiger partial charge in [-0.15, -0.1) is 0 Å². The number of nitrogens with zero attached hydrogens (tertiary/aromatic N) is 2. The molecule has 1 aromatic rings. The number of nitrogens with two attached hydrogens (primary N) is 1. The second-order valence-electron chi connectivity index (χ2n) is 6.10. The van der Waals surface area contributed by atoms with Crippen molar-refractivity contribution in [1.82, 2.24) is 10.1 Å². The monoisotopic (exact) mass is 295 g/mol. The molecule has 1 aromatic heterocycles. The zero-order valence-electron chi connectivity index (χ0n) is 13.7. The van der Waals surface area contributed by atoms with Crippen LogP contribution < -0.4 is 5.73 Å². The van der Waals surface area contributed by atoms with E-state index in [2.05, 4.69) is 19.0 Å². The van der Waals surface area contributed by atoms with Gasteiger partial charge in [0.2, 0.25) is 11.7 Å². The van der Waals surface area contributed by atoms with Gasteiger partial charge in [-0.25, -0.2) is 0 Å². The van der Waals surface area contributed by atoms with E-state index < -0.39 is 0 Å². The van der Waals surface area contributed by atoms with Crippen molar-refractivity contribution in [2.45, 2.75) is 76.7 Å². The lowest BCUT2D eigenvalue weighted by molar-refractivity contribution is -0.0777. The van der Waals surface area contributed by atoms with Crippen molar-refractivity contribution in [2.75, 3.05) is 13.2 Å². The maximum Gasteiger partial charge on any atom is 0.234 e. The van der Waals surface area contributed by atoms with Gasteiger partial charge in [0.15, 0.2) is 0 Å². The summed E-state index contributed by atoms with van der Waals surface area (Å²) >= 11 is 0. The van der Waals surface area contributed by atoms with Crippen molar-refractivity contribution in [1.29, 1.82) is 0 Å². The summed E-state index contributed by atoms with van der Waals surface area (Å²) in [5, 5.41) is 4.27. The molecule has 0 aromatic carbocycles. The van der Waals surface area contributed by atoms with E-state index in [4.69, 9.17) is 20.0 Å². The SMILES string of the molecule is CCOC1(c2noc(C(CC)(CC)CN)n2)CCCCC1. The number of aromatic nitrogens is 2. The van der Waals surface area contributed by atoms with Gasteiger partial charge in [0, 0.05) is 13.2 Å². The molecule has 0 unspecified atom stereocenters. The van der Waals surface area contributed by atoms with Crippen molar-refractivity contribution in [3.63, 3.8) is 0 Å². The smallest absolute Gasteiger partial charge is 0.234 e. The van der Waals surface area contributed by atoms with Crippen molar-refractivity contribution < 1.29 is 9.26 Å². The molecule has 2 N–H and O–H groups in total. The third kappa shape index (κ3) is 2.99. The Hall–Kier alpha value is -0.940. The first-order chi connectivity index (χ1) is 10.2. The van der Waals surface area contributed by atoms with Gasteiger partial charge in [-0.3, -0.25) is 0 Å². The summed E-state index contributed by atoms with van der Waals surface area (Å²) in [5.74, 6) is 1.40. The van der Waals surface area contributed by atoms with Crippen LogP contribution in [0.2, 0.25) is 0 Å². The van der Waals surface area contributed by atoms with Gasteiger partial charge < -0.3 is 15.0 Å². The summed E-state index contributed by atoms with van der Waals surface area (Å²) < 4.78 is 11.7. The molecule has 5 nitrogen and oxygen atoms in total. The quantitative estimate of drug-likeness (QED) is 0.835. The summed E-state index contributed by atoms with van der Waals surface area (Å²) in [6.45, 7) is 7.48. The molecular weight excluding hydrogens is 266 g/mol. The van der Waals surface area contributed by atoms with Crippen molar-refractivity contribution in [3.8, 4) is 0 Å². The van der Waals surface area contributed by atoms with Crippen LogP contribution in [0.15, 0.2) is 4.52 Å². The third-order valence-electron chi connectivity index (χ3n) is 5.11. The predicted octanol–water partition coefficient (Wildman–Crippen LogP) is 3.28. The second-order valence-corrected chi connectivity index (χ2v) is 6.10. The van der Waals surface area contributed by atoms with Crippen molar-refractivity contribution in [2.24, 2.45) is 5.73 Å². The summed E-state index contributed by atoms with van der Waals surface area (Å²) in [7, 11) is 0. The Morgan fingerprint density at radius 3 is 2.38 bits per heavy atom. The Bertz CT molecular complexity index is 421. The Labute approximate surface area is 127 Å². The minimum absolute atomic E-state index is 0.201. The first-order valence-electron chi connectivity index (χ1n) is 8.35. The van der Waals surface area contributed by atoms with Crippen LogP contribution in [0.5, 0.6) is 0 Å². The molecule has 1 saturated carbocycles. The molecule has 0 spiro atoms. The molecule has 120 valence electrons. The second kappa shape index (κ2) is 6.88. The molecule has 0 saturated heterocycles. The normalized spacial score (nSPS) is 18.9. The molecule has 0 radical (unpaired) electrons. The number of rotatable bonds is 7. The van der Waals surface area contributed by atoms with Gasteiger partial charge in [0.05, 0.1) is 5.41 Å². The Balaban J connectivity index is 2.32. The largest absolute Gasteiger partial charge is 0.367 e. The average Bonchev–Trinajstić information content (AvgIpc) is 3.02. The van der Waals surface area contributed by atoms with Crippen molar-refractivity contribution >= 4 is 0 Å². The van der Waals surface area contributed by atoms with E-state index in [9.17, 15) is 0 Å². The summed E-state index contributed by atoms with van der Waals surface area (Å²) in [6.07, 6.45) is 7.35. The molecular formula is C16H29N3O2. The molecule has 1 aliphatic rings. The third-order valence-corrected chi connectivity index (χ3v) is 5.11. The zero-order chi connectivity index (χ0) is 15.3. The summed E-state index contributed by atoms with van der Waals surface area (Å²) in [5.41, 5.74) is 5.43. The molecule has 21 heavy (non-hydrogen) atoms. The lowest BCUT2D eigenvalue weighted by Crippen LogP contribution is -2.36. The fourth-order valence-electron chi connectivity index (χ4n) is 3.38. The molecule has 1 heterocycles. The van der Waals surface area contributed by atoms with Crippen LogP contribution in [-0.2, 0) is 15.8 Å². The van der Waals surface area contributed by atoms with Crippen LogP contribution in [0.3, 0.4) is 0 Å². The number of hydrogen-bond acceptors (Lipinski definition) is 5. The Morgan fingerprint density at radius 1 is 1.19 bits per heavy atom. The number of hydrogen-bond donors (Lipinski definition) is 1. The highest BCUT2D eigenvalue weighted by Gasteiger charge is 2.41. The predicted molar refractivity (Wildman–Crippen MR) is 82.0 cm³/mol. The molecule has 5 heteroatoms. The van der Waals surface area contributed by atoms with E-state index >= 15 is 0 Å². The van der Waals surface area contributed by atoms with Gasteiger partial charge in [0.1, 0.15) is 5.60 Å². The maximum absolute atomic E-state index is 6.07. The van der Waals surface area contributed by atoms with Gasteiger partial charge >= 0.3 is 0 Å². The average molecular weight is 295 g/mol. The van der Waals surface area contributed by atoms with Crippen LogP contribution in [0.4, 0.5) is 0 Å². The molecule has 0 aliphatic heterocycles. The Morgan fingerprint density at radius 2 is 1.86 bits per heavy atom. The Kier molecular flexibility index (Phi) is 5.38. The molecule has 2 rings (SSSR count). The molecule has 0 bridgehead atoms. The molecule has 1 fully saturated rings. The fraction of sp³-hybridized carbons (Fsp3) is 0.875. The lowest BCUT2D eigenvalue weighted by Gasteiger charge is -2.34. The van der Waals surface area contributed by atoms with Crippen LogP contribution in [0, 0.1) is 0 Å². The minimum Gasteiger partial charge on any atom is -0.367 e. The van der Waals surface area contributed by atoms with E-state index in [1.807, 2.05) is 6.92 Å². The highest BCUT2D eigenvalue weighted by atomic mass is 16.5. The van der Waals surface area contributed by atoms with Gasteiger partial charge in [0.25, 0.3) is 0 Å². The van der Waals surface area contributed by atoms with E-state index in [0.717, 1.165) is 44.3 Å². The summed E-state index contributed by atoms with van der Waals surface area (Å²) in [4.78, 5) is 4.73. The first kappa shape index (κ1) is 16.4. The maximum atomic E-state index is 6.07. The van der Waals surface area contributed by atoms with Gasteiger partial charge in [-0.2, -0.15) is 4.98 Å². The minimum atomic E-state index is -0.351. The standard InChI is InChI=1S/C16H29N3O2/c1-4-15(5-2,12-17)14-18-13(19-21-14)16(20-6-3)10-8-7-9-11-16/h4-12,17H2,1-3H3. The van der Waals surface area contributed by atoms with Gasteiger partial charge in [-0.05, 0) is 32.6 Å². The number of ether oxygens (including phenoxy) is 1. The highest BCUT2D eigenvalue weighted by Crippen LogP contribution is 2.40. The van der Waals surface area contributed by atoms with E-state index in [1.165, 1.54) is 6.42 Å². The molecule has 1 aliphatic carbocycles. The topological polar surface area (TPSA) is 74.2 Å². The highest BCUT2D eigenvalue weighted by molar-refractivity contribution is 5.10. The molecule has 0 atom stereocenters. The summed E-state index contributed by atoms with van der Waals surface area (Å²) in [6, 6.07) is 0. The fourth-order valence-corrected chi connectivity index (χ4v) is 3.38. The van der Waals surface area contributed by atoms with E-state index in [1.54, 1.807) is 0 Å². The van der Waals surface area contributed by atoms with Crippen LogP contribution in [0.25, 0.3) is 0 Å². The molecule has 0 amide bonds. The van der Waals surface area contributed by atoms with E-state index in [-0.39, 0.29) is 11.0 Å². The zero-order valence-corrected chi connectivity index (χ0v) is 13.7. The van der Waals surface area contributed by atoms with Crippen LogP contribution >= 0.6 is 0 Å².